The zero-order chi connectivity index (χ0) is 17.4. The summed E-state index contributed by atoms with van der Waals surface area (Å²) in [6.07, 6.45) is 3.54. The Morgan fingerprint density at radius 1 is 0.958 bits per heavy atom. The summed E-state index contributed by atoms with van der Waals surface area (Å²) < 4.78 is 0. The first-order chi connectivity index (χ1) is 11.6. The molecule has 0 aliphatic heterocycles. The molecule has 0 N–H and O–H groups in total. The first-order valence-electron chi connectivity index (χ1n) is 8.74. The highest BCUT2D eigenvalue weighted by Crippen LogP contribution is 2.32. The molecule has 0 amide bonds. The van der Waals surface area contributed by atoms with Gasteiger partial charge in [0.05, 0.1) is 5.37 Å². The van der Waals surface area contributed by atoms with Crippen LogP contribution in [0.1, 0.15) is 43.2 Å². The summed E-state index contributed by atoms with van der Waals surface area (Å²) in [5.74, 6) is 1.59. The van der Waals surface area contributed by atoms with Gasteiger partial charge in [-0.15, -0.1) is 11.8 Å². The van der Waals surface area contributed by atoms with Gasteiger partial charge >= 0.3 is 0 Å². The van der Waals surface area contributed by atoms with Crippen molar-refractivity contribution >= 4 is 24.4 Å². The largest absolute Gasteiger partial charge is 0.298 e. The van der Waals surface area contributed by atoms with Crippen LogP contribution in [-0.2, 0) is 0 Å². The van der Waals surface area contributed by atoms with E-state index in [0.717, 1.165) is 6.42 Å². The van der Waals surface area contributed by atoms with Gasteiger partial charge in [-0.25, -0.2) is 0 Å². The van der Waals surface area contributed by atoms with E-state index in [1.807, 2.05) is 11.8 Å². The second kappa shape index (κ2) is 10.2. The summed E-state index contributed by atoms with van der Waals surface area (Å²) in [7, 11) is 4.18. The molecule has 0 radical (unpaired) electrons. The number of unbranched alkanes of at least 4 members (excludes halogenated alkanes) is 1. The molecule has 2 rings (SSSR count). The zero-order valence-electron chi connectivity index (χ0n) is 15.0. The van der Waals surface area contributed by atoms with Crippen molar-refractivity contribution in [2.75, 3.05) is 19.8 Å². The summed E-state index contributed by atoms with van der Waals surface area (Å²) in [5.41, 5.74) is 2.74. The molecule has 2 unspecified atom stereocenters. The van der Waals surface area contributed by atoms with Gasteiger partial charge in [-0.2, -0.15) is 12.6 Å². The van der Waals surface area contributed by atoms with Crippen LogP contribution in [0.2, 0.25) is 0 Å². The summed E-state index contributed by atoms with van der Waals surface area (Å²) in [4.78, 5) is 3.54. The van der Waals surface area contributed by atoms with Crippen LogP contribution in [0.15, 0.2) is 59.5 Å². The lowest BCUT2D eigenvalue weighted by atomic mass is 9.88. The maximum absolute atomic E-state index is 4.76. The SMILES string of the molecule is CCCCSc1ccc(C(CC(S)N(C)C)c2ccccc2)cc1. The van der Waals surface area contributed by atoms with E-state index in [4.69, 9.17) is 12.6 Å². The molecule has 0 aliphatic carbocycles. The molecule has 130 valence electrons. The second-order valence-corrected chi connectivity index (χ2v) is 8.18. The highest BCUT2D eigenvalue weighted by molar-refractivity contribution is 7.99. The van der Waals surface area contributed by atoms with Crippen LogP contribution < -0.4 is 0 Å². The lowest BCUT2D eigenvalue weighted by molar-refractivity contribution is 0.360. The molecule has 0 spiro atoms. The zero-order valence-corrected chi connectivity index (χ0v) is 16.7. The fourth-order valence-corrected chi connectivity index (χ4v) is 3.91. The molecule has 2 atom stereocenters. The fraction of sp³-hybridized carbons (Fsp3) is 0.429. The van der Waals surface area contributed by atoms with Crippen molar-refractivity contribution in [1.29, 1.82) is 0 Å². The molecule has 0 aromatic heterocycles. The van der Waals surface area contributed by atoms with Crippen molar-refractivity contribution in [1.82, 2.24) is 4.90 Å². The van der Waals surface area contributed by atoms with Gasteiger partial charge in [0.2, 0.25) is 0 Å². The molecule has 0 fully saturated rings. The van der Waals surface area contributed by atoms with E-state index >= 15 is 0 Å². The van der Waals surface area contributed by atoms with Crippen molar-refractivity contribution < 1.29 is 0 Å². The topological polar surface area (TPSA) is 3.24 Å². The van der Waals surface area contributed by atoms with E-state index < -0.39 is 0 Å². The van der Waals surface area contributed by atoms with Crippen molar-refractivity contribution in [2.24, 2.45) is 0 Å². The van der Waals surface area contributed by atoms with Crippen molar-refractivity contribution in [3.63, 3.8) is 0 Å². The number of thiol groups is 1. The predicted octanol–water partition coefficient (Wildman–Crippen LogP) is 5.92. The Kier molecular flexibility index (Phi) is 8.23. The quantitative estimate of drug-likeness (QED) is 0.256. The fourth-order valence-electron chi connectivity index (χ4n) is 2.70. The van der Waals surface area contributed by atoms with E-state index in [0.29, 0.717) is 5.92 Å². The van der Waals surface area contributed by atoms with Gasteiger partial charge < -0.3 is 0 Å². The number of rotatable bonds is 9. The third-order valence-corrected chi connectivity index (χ3v) is 6.06. The van der Waals surface area contributed by atoms with Crippen LogP contribution in [0.4, 0.5) is 0 Å². The van der Waals surface area contributed by atoms with Gasteiger partial charge in [0, 0.05) is 10.8 Å². The second-order valence-electron chi connectivity index (χ2n) is 6.41. The maximum atomic E-state index is 4.76. The minimum atomic E-state index is 0.244. The van der Waals surface area contributed by atoms with Crippen LogP contribution >= 0.6 is 24.4 Å². The minimum absolute atomic E-state index is 0.244. The first-order valence-corrected chi connectivity index (χ1v) is 10.2. The summed E-state index contributed by atoms with van der Waals surface area (Å²) in [6, 6.07) is 19.9. The smallest absolute Gasteiger partial charge is 0.0531 e. The molecule has 2 aromatic rings. The summed E-state index contributed by atoms with van der Waals surface area (Å²) in [5, 5.41) is 0.244. The van der Waals surface area contributed by atoms with Crippen LogP contribution in [0.3, 0.4) is 0 Å². The number of nitrogens with zero attached hydrogens (tertiary/aromatic N) is 1. The normalized spacial score (nSPS) is 13.9. The molecule has 0 aliphatic rings. The number of hydrogen-bond donors (Lipinski definition) is 1. The third kappa shape index (κ3) is 5.87. The number of hydrogen-bond acceptors (Lipinski definition) is 3. The summed E-state index contributed by atoms with van der Waals surface area (Å²) in [6.45, 7) is 2.24. The first kappa shape index (κ1) is 19.4. The highest BCUT2D eigenvalue weighted by Gasteiger charge is 2.19. The van der Waals surface area contributed by atoms with E-state index in [1.165, 1.54) is 34.6 Å². The van der Waals surface area contributed by atoms with Gasteiger partial charge in [0.25, 0.3) is 0 Å². The Morgan fingerprint density at radius 3 is 2.17 bits per heavy atom. The van der Waals surface area contributed by atoms with Gasteiger partial charge in [-0.05, 0) is 55.9 Å². The Morgan fingerprint density at radius 2 is 1.58 bits per heavy atom. The molecule has 0 bridgehead atoms. The van der Waals surface area contributed by atoms with Crippen LogP contribution in [-0.4, -0.2) is 30.1 Å². The van der Waals surface area contributed by atoms with Crippen LogP contribution in [0.5, 0.6) is 0 Å². The van der Waals surface area contributed by atoms with Crippen molar-refractivity contribution in [2.45, 2.75) is 42.4 Å². The van der Waals surface area contributed by atoms with Crippen LogP contribution in [0.25, 0.3) is 0 Å². The molecule has 0 saturated carbocycles. The maximum Gasteiger partial charge on any atom is 0.0531 e. The molecule has 1 nitrogen and oxygen atoms in total. The Balaban J connectivity index is 2.17. The average Bonchev–Trinajstić information content (AvgIpc) is 2.61. The van der Waals surface area contributed by atoms with Crippen LogP contribution in [0, 0.1) is 0 Å². The monoisotopic (exact) mass is 359 g/mol. The third-order valence-electron chi connectivity index (χ3n) is 4.29. The molecule has 0 saturated heterocycles. The van der Waals surface area contributed by atoms with E-state index in [2.05, 4.69) is 80.5 Å². The molecular weight excluding hydrogens is 330 g/mol. The Bertz CT molecular complexity index is 581. The molecular formula is C21H29NS2. The average molecular weight is 360 g/mol. The Labute approximate surface area is 157 Å². The number of thioether (sulfide) groups is 1. The minimum Gasteiger partial charge on any atom is -0.298 e. The molecule has 0 heterocycles. The van der Waals surface area contributed by atoms with Gasteiger partial charge in [0.15, 0.2) is 0 Å². The van der Waals surface area contributed by atoms with Crippen molar-refractivity contribution in [3.8, 4) is 0 Å². The number of benzene rings is 2. The van der Waals surface area contributed by atoms with E-state index in [1.54, 1.807) is 0 Å². The molecule has 24 heavy (non-hydrogen) atoms. The highest BCUT2D eigenvalue weighted by atomic mass is 32.2. The lowest BCUT2D eigenvalue weighted by Crippen LogP contribution is -2.24. The van der Waals surface area contributed by atoms with E-state index in [-0.39, 0.29) is 5.37 Å². The van der Waals surface area contributed by atoms with E-state index in [9.17, 15) is 0 Å². The summed E-state index contributed by atoms with van der Waals surface area (Å²) >= 11 is 6.72. The standard InChI is InChI=1S/C21H29NS2/c1-4-5-15-24-19-13-11-18(12-14-19)20(16-21(23)22(2)3)17-9-7-6-8-10-17/h6-14,20-21,23H,4-5,15-16H2,1-3H3. The van der Waals surface area contributed by atoms with Gasteiger partial charge in [-0.1, -0.05) is 55.8 Å². The molecule has 2 aromatic carbocycles. The van der Waals surface area contributed by atoms with Gasteiger partial charge in [-0.3, -0.25) is 4.90 Å². The predicted molar refractivity (Wildman–Crippen MR) is 111 cm³/mol. The van der Waals surface area contributed by atoms with Gasteiger partial charge in [0.1, 0.15) is 0 Å². The lowest BCUT2D eigenvalue weighted by Gasteiger charge is -2.26. The Hall–Kier alpha value is -0.900. The van der Waals surface area contributed by atoms with Crippen molar-refractivity contribution in [3.05, 3.63) is 65.7 Å². The molecule has 3 heteroatoms.